The molecule has 80 valence electrons. The molecule has 1 N–H and O–H groups in total. The molecule has 4 heteroatoms. The van der Waals surface area contributed by atoms with E-state index in [9.17, 15) is 0 Å². The molecule has 2 atom stereocenters. The second kappa shape index (κ2) is 5.12. The predicted molar refractivity (Wildman–Crippen MR) is 56.1 cm³/mol. The van der Waals surface area contributed by atoms with E-state index in [2.05, 4.69) is 17.3 Å². The number of ether oxygens (including phenoxy) is 1. The Morgan fingerprint density at radius 1 is 1.64 bits per heavy atom. The van der Waals surface area contributed by atoms with Gasteiger partial charge in [-0.25, -0.2) is 0 Å². The van der Waals surface area contributed by atoms with Crippen LogP contribution in [-0.2, 0) is 11.8 Å². The van der Waals surface area contributed by atoms with Gasteiger partial charge in [-0.2, -0.15) is 5.10 Å². The molecular formula is C10H19N3O. The molecule has 1 heterocycles. The van der Waals surface area contributed by atoms with E-state index >= 15 is 0 Å². The third kappa shape index (κ3) is 2.13. The molecule has 0 bridgehead atoms. The molecule has 0 spiro atoms. The maximum absolute atomic E-state index is 5.43. The van der Waals surface area contributed by atoms with E-state index in [0.29, 0.717) is 0 Å². The maximum atomic E-state index is 5.43. The monoisotopic (exact) mass is 197 g/mol. The lowest BCUT2D eigenvalue weighted by Crippen LogP contribution is -2.32. The van der Waals surface area contributed by atoms with Gasteiger partial charge in [-0.3, -0.25) is 4.68 Å². The van der Waals surface area contributed by atoms with Gasteiger partial charge >= 0.3 is 0 Å². The Labute approximate surface area is 85.3 Å². The smallest absolute Gasteiger partial charge is 0.0778 e. The van der Waals surface area contributed by atoms with Crippen molar-refractivity contribution in [1.29, 1.82) is 0 Å². The number of hydrogen-bond donors (Lipinski definition) is 1. The number of aryl methyl sites for hydroxylation is 1. The molecular weight excluding hydrogens is 178 g/mol. The molecule has 14 heavy (non-hydrogen) atoms. The van der Waals surface area contributed by atoms with Crippen molar-refractivity contribution in [2.75, 3.05) is 14.2 Å². The number of hydrogen-bond acceptors (Lipinski definition) is 3. The number of nitrogens with one attached hydrogen (secondary N) is 1. The highest BCUT2D eigenvalue weighted by atomic mass is 16.5. The Morgan fingerprint density at radius 2 is 2.36 bits per heavy atom. The third-order valence-electron chi connectivity index (χ3n) is 2.57. The molecule has 2 unspecified atom stereocenters. The fourth-order valence-corrected chi connectivity index (χ4v) is 1.75. The summed E-state index contributed by atoms with van der Waals surface area (Å²) in [5, 5.41) is 7.42. The van der Waals surface area contributed by atoms with Gasteiger partial charge in [0.1, 0.15) is 0 Å². The van der Waals surface area contributed by atoms with Gasteiger partial charge in [-0.1, -0.05) is 6.92 Å². The fraction of sp³-hybridized carbons (Fsp3) is 0.700. The van der Waals surface area contributed by atoms with Gasteiger partial charge in [0.25, 0.3) is 0 Å². The number of aromatic nitrogens is 2. The largest absolute Gasteiger partial charge is 0.379 e. The zero-order chi connectivity index (χ0) is 10.6. The molecule has 0 saturated carbocycles. The molecule has 4 nitrogen and oxygen atoms in total. The van der Waals surface area contributed by atoms with Crippen LogP contribution >= 0.6 is 0 Å². The Kier molecular flexibility index (Phi) is 4.10. The summed E-state index contributed by atoms with van der Waals surface area (Å²) in [5.74, 6) is 0. The van der Waals surface area contributed by atoms with Crippen LogP contribution < -0.4 is 5.32 Å². The first kappa shape index (κ1) is 11.2. The number of methoxy groups -OCH3 is 1. The van der Waals surface area contributed by atoms with Crippen molar-refractivity contribution in [3.05, 3.63) is 18.0 Å². The summed E-state index contributed by atoms with van der Waals surface area (Å²) in [7, 11) is 5.64. The van der Waals surface area contributed by atoms with Crippen LogP contribution in [0.1, 0.15) is 25.1 Å². The van der Waals surface area contributed by atoms with Gasteiger partial charge < -0.3 is 10.1 Å². The third-order valence-corrected chi connectivity index (χ3v) is 2.57. The lowest BCUT2D eigenvalue weighted by molar-refractivity contribution is 0.0651. The predicted octanol–water partition coefficient (Wildman–Crippen LogP) is 1.11. The van der Waals surface area contributed by atoms with Gasteiger partial charge in [0.15, 0.2) is 0 Å². The highest BCUT2D eigenvalue weighted by Crippen LogP contribution is 2.19. The van der Waals surface area contributed by atoms with Crippen molar-refractivity contribution in [2.24, 2.45) is 7.05 Å². The standard InChI is InChI=1S/C10H19N3O/c1-5-9(14-4)10(11-2)8-6-7-12-13(8)3/h6-7,9-11H,5H2,1-4H3. The second-order valence-electron chi connectivity index (χ2n) is 3.33. The first-order valence-electron chi connectivity index (χ1n) is 4.92. The molecule has 0 fully saturated rings. The number of likely N-dealkylation sites (N-methyl/N-ethyl adjacent to an activating group) is 1. The summed E-state index contributed by atoms with van der Waals surface area (Å²) in [6.07, 6.45) is 2.98. The minimum atomic E-state index is 0.190. The first-order chi connectivity index (χ1) is 6.74. The van der Waals surface area contributed by atoms with E-state index in [0.717, 1.165) is 12.1 Å². The zero-order valence-corrected chi connectivity index (χ0v) is 9.32. The van der Waals surface area contributed by atoms with Gasteiger partial charge in [-0.05, 0) is 19.5 Å². The summed E-state index contributed by atoms with van der Waals surface area (Å²) in [5.41, 5.74) is 1.15. The van der Waals surface area contributed by atoms with Crippen LogP contribution in [0.5, 0.6) is 0 Å². The lowest BCUT2D eigenvalue weighted by Gasteiger charge is -2.24. The lowest BCUT2D eigenvalue weighted by atomic mass is 10.1. The van der Waals surface area contributed by atoms with Crippen LogP contribution in [0.15, 0.2) is 12.3 Å². The van der Waals surface area contributed by atoms with Gasteiger partial charge in [0.05, 0.1) is 17.8 Å². The van der Waals surface area contributed by atoms with E-state index in [1.54, 1.807) is 7.11 Å². The van der Waals surface area contributed by atoms with Crippen molar-refractivity contribution < 1.29 is 4.74 Å². The molecule has 1 aromatic heterocycles. The van der Waals surface area contributed by atoms with Gasteiger partial charge in [0.2, 0.25) is 0 Å². The van der Waals surface area contributed by atoms with Crippen molar-refractivity contribution >= 4 is 0 Å². The highest BCUT2D eigenvalue weighted by molar-refractivity contribution is 5.08. The zero-order valence-electron chi connectivity index (χ0n) is 9.32. The van der Waals surface area contributed by atoms with Crippen LogP contribution in [0.3, 0.4) is 0 Å². The van der Waals surface area contributed by atoms with E-state index in [-0.39, 0.29) is 12.1 Å². The number of nitrogens with zero attached hydrogens (tertiary/aromatic N) is 2. The highest BCUT2D eigenvalue weighted by Gasteiger charge is 2.21. The molecule has 0 radical (unpaired) electrons. The van der Waals surface area contributed by atoms with Crippen LogP contribution in [0.2, 0.25) is 0 Å². The topological polar surface area (TPSA) is 39.1 Å². The molecule has 0 aliphatic carbocycles. The first-order valence-corrected chi connectivity index (χ1v) is 4.92. The van der Waals surface area contributed by atoms with E-state index in [1.807, 2.05) is 31.0 Å². The summed E-state index contributed by atoms with van der Waals surface area (Å²) in [6.45, 7) is 2.12. The van der Waals surface area contributed by atoms with Crippen molar-refractivity contribution in [3.8, 4) is 0 Å². The molecule has 0 saturated heterocycles. The van der Waals surface area contributed by atoms with E-state index < -0.39 is 0 Å². The molecule has 0 aliphatic rings. The average molecular weight is 197 g/mol. The minimum Gasteiger partial charge on any atom is -0.379 e. The molecule has 1 rings (SSSR count). The van der Waals surface area contributed by atoms with E-state index in [1.165, 1.54) is 0 Å². The van der Waals surface area contributed by atoms with Crippen molar-refractivity contribution in [1.82, 2.24) is 15.1 Å². The molecule has 1 aromatic rings. The molecule has 0 aromatic carbocycles. The average Bonchev–Trinajstić information content (AvgIpc) is 2.61. The Bertz CT molecular complexity index is 268. The summed E-state index contributed by atoms with van der Waals surface area (Å²) >= 11 is 0. The van der Waals surface area contributed by atoms with Crippen LogP contribution in [-0.4, -0.2) is 30.0 Å². The summed E-state index contributed by atoms with van der Waals surface area (Å²) < 4.78 is 7.31. The SMILES string of the molecule is CCC(OC)C(NC)c1ccnn1C. The quantitative estimate of drug-likeness (QED) is 0.768. The van der Waals surface area contributed by atoms with Crippen molar-refractivity contribution in [3.63, 3.8) is 0 Å². The Morgan fingerprint density at radius 3 is 2.71 bits per heavy atom. The molecule has 0 aliphatic heterocycles. The van der Waals surface area contributed by atoms with Crippen LogP contribution in [0, 0.1) is 0 Å². The fourth-order valence-electron chi connectivity index (χ4n) is 1.75. The summed E-state index contributed by atoms with van der Waals surface area (Å²) in [6, 6.07) is 2.22. The van der Waals surface area contributed by atoms with E-state index in [4.69, 9.17) is 4.74 Å². The summed E-state index contributed by atoms with van der Waals surface area (Å²) in [4.78, 5) is 0. The molecule has 0 amide bonds. The minimum absolute atomic E-state index is 0.190. The van der Waals surface area contributed by atoms with Gasteiger partial charge in [0, 0.05) is 20.4 Å². The number of rotatable bonds is 5. The van der Waals surface area contributed by atoms with Crippen LogP contribution in [0.4, 0.5) is 0 Å². The Balaban J connectivity index is 2.86. The van der Waals surface area contributed by atoms with Crippen molar-refractivity contribution in [2.45, 2.75) is 25.5 Å². The van der Waals surface area contributed by atoms with Gasteiger partial charge in [-0.15, -0.1) is 0 Å². The van der Waals surface area contributed by atoms with Crippen LogP contribution in [0.25, 0.3) is 0 Å². The maximum Gasteiger partial charge on any atom is 0.0778 e. The Hall–Kier alpha value is -0.870. The second-order valence-corrected chi connectivity index (χ2v) is 3.33. The normalized spacial score (nSPS) is 15.4.